The molecule has 0 aromatic carbocycles. The van der Waals surface area contributed by atoms with E-state index in [1.807, 2.05) is 0 Å². The fourth-order valence-electron chi connectivity index (χ4n) is 8.28. The van der Waals surface area contributed by atoms with Gasteiger partial charge in [0.15, 0.2) is 24.6 Å². The van der Waals surface area contributed by atoms with Gasteiger partial charge in [0, 0.05) is 19.3 Å². The Morgan fingerprint density at radius 1 is 0.442 bits per heavy atom. The van der Waals surface area contributed by atoms with Gasteiger partial charge in [0.1, 0.15) is 18.8 Å². The number of ether oxygens (including phenoxy) is 5. The zero-order valence-electron chi connectivity index (χ0n) is 47.9. The van der Waals surface area contributed by atoms with E-state index in [9.17, 15) is 34.5 Å². The maximum absolute atomic E-state index is 13.1. The van der Waals surface area contributed by atoms with E-state index in [0.29, 0.717) is 19.3 Å². The van der Waals surface area contributed by atoms with Crippen LogP contribution in [0.1, 0.15) is 226 Å². The number of hydrogen-bond donors (Lipinski definition) is 3. The van der Waals surface area contributed by atoms with Gasteiger partial charge >= 0.3 is 23.9 Å². The van der Waals surface area contributed by atoms with Crippen LogP contribution in [0, 0.1) is 0 Å². The summed E-state index contributed by atoms with van der Waals surface area (Å²) in [5.74, 6) is -3.23. The van der Waals surface area contributed by atoms with E-state index in [2.05, 4.69) is 130 Å². The van der Waals surface area contributed by atoms with Gasteiger partial charge in [0.25, 0.3) is 0 Å². The summed E-state index contributed by atoms with van der Waals surface area (Å²) in [6.07, 6.45) is 57.7. The average molecular weight is 1080 g/mol. The van der Waals surface area contributed by atoms with E-state index in [0.717, 1.165) is 128 Å². The van der Waals surface area contributed by atoms with E-state index < -0.39 is 67.3 Å². The maximum Gasteiger partial charge on any atom is 0.335 e. The number of hydrogen-bond acceptors (Lipinski definition) is 11. The summed E-state index contributed by atoms with van der Waals surface area (Å²) in [4.78, 5) is 51.1. The molecule has 6 unspecified atom stereocenters. The third-order valence-corrected chi connectivity index (χ3v) is 12.8. The fraction of sp³-hybridized carbons (Fsp3) is 0.662. The molecule has 1 heterocycles. The highest BCUT2D eigenvalue weighted by Gasteiger charge is 2.50. The molecule has 1 aliphatic heterocycles. The second-order valence-corrected chi connectivity index (χ2v) is 19.9. The Hall–Kier alpha value is -4.62. The van der Waals surface area contributed by atoms with Gasteiger partial charge in [-0.3, -0.25) is 14.4 Å². The molecule has 0 radical (unpaired) electrons. The molecule has 0 aromatic heterocycles. The molecule has 77 heavy (non-hydrogen) atoms. The van der Waals surface area contributed by atoms with E-state index in [1.165, 1.54) is 38.5 Å². The van der Waals surface area contributed by atoms with Gasteiger partial charge in [0.2, 0.25) is 0 Å². The van der Waals surface area contributed by atoms with Crippen LogP contribution in [0.25, 0.3) is 0 Å². The Morgan fingerprint density at radius 2 is 0.818 bits per heavy atom. The molecule has 1 rings (SSSR count). The third kappa shape index (κ3) is 42.1. The fourth-order valence-corrected chi connectivity index (χ4v) is 8.28. The van der Waals surface area contributed by atoms with Gasteiger partial charge in [0.05, 0.1) is 6.61 Å². The number of carboxylic acids is 1. The number of allylic oxidation sites excluding steroid dienone is 18. The van der Waals surface area contributed by atoms with Crippen molar-refractivity contribution in [2.24, 2.45) is 0 Å². The highest BCUT2D eigenvalue weighted by Crippen LogP contribution is 2.26. The van der Waals surface area contributed by atoms with Crippen molar-refractivity contribution in [1.29, 1.82) is 0 Å². The van der Waals surface area contributed by atoms with Gasteiger partial charge in [-0.05, 0) is 122 Å². The molecular formula is C65H104O12. The number of aliphatic hydroxyl groups excluding tert-OH is 2. The monoisotopic (exact) mass is 1080 g/mol. The predicted octanol–water partition coefficient (Wildman–Crippen LogP) is 15.4. The molecule has 436 valence electrons. The Kier molecular flexibility index (Phi) is 47.6. The van der Waals surface area contributed by atoms with Crippen molar-refractivity contribution in [2.75, 3.05) is 13.2 Å². The molecule has 3 N–H and O–H groups in total. The first-order valence-electron chi connectivity index (χ1n) is 29.9. The second kappa shape index (κ2) is 52.1. The molecule has 1 saturated heterocycles. The topological polar surface area (TPSA) is 175 Å². The SMILES string of the molecule is CC/C=C\C/C=C\C/C=C\C/C=C\CCCCCCC(=O)OC1C(OCC(COC(=O)CCCC/C=C\C/C=C\C/C=C\C/C=C\CC)OC(=O)CCCCCCC/C=C\CCCCCCCC)OC(C(=O)O)C(O)C1O. The number of esters is 3. The number of carbonyl (C=O) groups is 4. The quantitative estimate of drug-likeness (QED) is 0.0228. The van der Waals surface area contributed by atoms with Gasteiger partial charge < -0.3 is 39.0 Å². The molecule has 0 bridgehead atoms. The van der Waals surface area contributed by atoms with Crippen LogP contribution in [0.2, 0.25) is 0 Å². The van der Waals surface area contributed by atoms with Gasteiger partial charge in [-0.15, -0.1) is 0 Å². The third-order valence-electron chi connectivity index (χ3n) is 12.8. The zero-order chi connectivity index (χ0) is 56.1. The van der Waals surface area contributed by atoms with E-state index >= 15 is 0 Å². The first-order valence-corrected chi connectivity index (χ1v) is 29.9. The normalized spacial score (nSPS) is 18.8. The highest BCUT2D eigenvalue weighted by molar-refractivity contribution is 5.74. The molecule has 0 aliphatic carbocycles. The number of carbonyl (C=O) groups excluding carboxylic acids is 3. The van der Waals surface area contributed by atoms with Crippen LogP contribution in [-0.2, 0) is 42.9 Å². The van der Waals surface area contributed by atoms with Crippen LogP contribution in [0.5, 0.6) is 0 Å². The molecule has 12 heteroatoms. The van der Waals surface area contributed by atoms with Gasteiger partial charge in [-0.1, -0.05) is 194 Å². The lowest BCUT2D eigenvalue weighted by Gasteiger charge is -2.40. The van der Waals surface area contributed by atoms with Crippen molar-refractivity contribution in [3.63, 3.8) is 0 Å². The minimum atomic E-state index is -1.92. The summed E-state index contributed by atoms with van der Waals surface area (Å²) in [5.41, 5.74) is 0. The van der Waals surface area contributed by atoms with E-state index in [-0.39, 0.29) is 25.9 Å². The molecule has 0 amide bonds. The summed E-state index contributed by atoms with van der Waals surface area (Å²) in [7, 11) is 0. The van der Waals surface area contributed by atoms with Crippen molar-refractivity contribution < 1.29 is 58.2 Å². The Balaban J connectivity index is 2.74. The number of aliphatic hydroxyl groups is 2. The molecule has 6 atom stereocenters. The van der Waals surface area contributed by atoms with Crippen LogP contribution in [0.15, 0.2) is 109 Å². The van der Waals surface area contributed by atoms with Crippen molar-refractivity contribution in [3.8, 4) is 0 Å². The predicted molar refractivity (Wildman–Crippen MR) is 312 cm³/mol. The van der Waals surface area contributed by atoms with Crippen molar-refractivity contribution in [1.82, 2.24) is 0 Å². The van der Waals surface area contributed by atoms with Crippen LogP contribution < -0.4 is 0 Å². The van der Waals surface area contributed by atoms with Gasteiger partial charge in [-0.2, -0.15) is 0 Å². The lowest BCUT2D eigenvalue weighted by atomic mass is 9.98. The van der Waals surface area contributed by atoms with Crippen molar-refractivity contribution >= 4 is 23.9 Å². The summed E-state index contributed by atoms with van der Waals surface area (Å²) < 4.78 is 28.4. The highest BCUT2D eigenvalue weighted by atomic mass is 16.7. The van der Waals surface area contributed by atoms with Crippen molar-refractivity contribution in [2.45, 2.75) is 263 Å². The lowest BCUT2D eigenvalue weighted by molar-refractivity contribution is -0.301. The maximum atomic E-state index is 13.1. The lowest BCUT2D eigenvalue weighted by Crippen LogP contribution is -2.61. The molecule has 1 aliphatic rings. The molecule has 0 spiro atoms. The first kappa shape index (κ1) is 70.4. The molecule has 12 nitrogen and oxygen atoms in total. The van der Waals surface area contributed by atoms with E-state index in [4.69, 9.17) is 23.7 Å². The number of rotatable bonds is 49. The minimum Gasteiger partial charge on any atom is -0.479 e. The summed E-state index contributed by atoms with van der Waals surface area (Å²) in [6, 6.07) is 0. The standard InChI is InChI=1S/C65H104O12/c1-4-7-10-13-16-19-22-25-28-29-32-35-38-41-44-47-50-53-59(68)76-63-61(70)60(69)62(64(71)72)77-65(63)74-55-56(75-58(67)52-49-46-43-40-37-34-31-27-24-21-18-15-12-9-6-3)54-73-57(66)51-48-45-42-39-36-33-30-26-23-20-17-14-11-8-5-2/h7-8,10-11,16-17,19-20,25-28,30-32,35-36,39,56,60-63,65,69-70H,4-6,9,12-15,18,21-24,29,33-34,37-38,40-55H2,1-3H3,(H,71,72)/b10-7-,11-8-,19-16-,20-17-,28-25-,30-26-,31-27-,35-32-,39-36-. The van der Waals surface area contributed by atoms with Crippen LogP contribution >= 0.6 is 0 Å². The number of unbranched alkanes of at least 4 members (excludes halogenated alkanes) is 17. The van der Waals surface area contributed by atoms with Crippen LogP contribution in [0.3, 0.4) is 0 Å². The largest absolute Gasteiger partial charge is 0.479 e. The second-order valence-electron chi connectivity index (χ2n) is 19.9. The minimum absolute atomic E-state index is 0.0222. The van der Waals surface area contributed by atoms with Gasteiger partial charge in [-0.25, -0.2) is 4.79 Å². The molecule has 0 saturated carbocycles. The zero-order valence-corrected chi connectivity index (χ0v) is 47.9. The molecular weight excluding hydrogens is 973 g/mol. The average Bonchev–Trinajstić information content (AvgIpc) is 3.43. The Morgan fingerprint density at radius 3 is 1.29 bits per heavy atom. The molecule has 0 aromatic rings. The summed E-state index contributed by atoms with van der Waals surface area (Å²) in [5, 5.41) is 31.5. The Labute approximate surface area is 465 Å². The summed E-state index contributed by atoms with van der Waals surface area (Å²) >= 11 is 0. The van der Waals surface area contributed by atoms with Crippen molar-refractivity contribution in [3.05, 3.63) is 109 Å². The number of carboxylic acid groups (broad SMARTS) is 1. The van der Waals surface area contributed by atoms with E-state index in [1.54, 1.807) is 0 Å². The molecule has 1 fully saturated rings. The summed E-state index contributed by atoms with van der Waals surface area (Å²) in [6.45, 7) is 5.70. The number of aliphatic carboxylic acids is 1. The first-order chi connectivity index (χ1) is 37.6. The Bertz CT molecular complexity index is 1750. The smallest absolute Gasteiger partial charge is 0.335 e. The van der Waals surface area contributed by atoms with Crippen LogP contribution in [0.4, 0.5) is 0 Å². The van der Waals surface area contributed by atoms with Crippen LogP contribution in [-0.4, -0.2) is 89.2 Å².